The summed E-state index contributed by atoms with van der Waals surface area (Å²) in [5.74, 6) is -2.69. The third-order valence-electron chi connectivity index (χ3n) is 8.10. The van der Waals surface area contributed by atoms with Gasteiger partial charge in [-0.1, -0.05) is 29.3 Å². The summed E-state index contributed by atoms with van der Waals surface area (Å²) in [6.45, 7) is 3.15. The number of carbonyl (C=O) groups is 4. The molecule has 1 aliphatic heterocycles. The molecule has 1 aromatic carbocycles. The molecule has 7 nitrogen and oxygen atoms in total. The summed E-state index contributed by atoms with van der Waals surface area (Å²) in [6.07, 6.45) is 3.81. The maximum atomic E-state index is 13.9. The Morgan fingerprint density at radius 3 is 2.54 bits per heavy atom. The molecule has 8 heteroatoms. The lowest BCUT2D eigenvalue weighted by Gasteiger charge is -2.41. The number of amides is 2. The highest BCUT2D eigenvalue weighted by atomic mass is 35.5. The normalized spacial score (nSPS) is 27.2. The lowest BCUT2D eigenvalue weighted by Crippen LogP contribution is -2.39. The minimum Gasteiger partial charge on any atom is -0.463 e. The molecule has 6 rings (SSSR count). The van der Waals surface area contributed by atoms with Gasteiger partial charge in [0.15, 0.2) is 11.6 Å². The van der Waals surface area contributed by atoms with E-state index in [4.69, 9.17) is 16.0 Å². The molecule has 0 bridgehead atoms. The zero-order valence-electron chi connectivity index (χ0n) is 20.3. The maximum absolute atomic E-state index is 13.9. The molecule has 4 atom stereocenters. The lowest BCUT2D eigenvalue weighted by atomic mass is 9.60. The highest BCUT2D eigenvalue weighted by Crippen LogP contribution is 2.55. The van der Waals surface area contributed by atoms with Gasteiger partial charge in [0.25, 0.3) is 0 Å². The van der Waals surface area contributed by atoms with E-state index in [0.29, 0.717) is 45.4 Å². The van der Waals surface area contributed by atoms with E-state index in [1.807, 2.05) is 13.0 Å². The summed E-state index contributed by atoms with van der Waals surface area (Å²) >= 11 is 6.30. The van der Waals surface area contributed by atoms with Gasteiger partial charge in [0.05, 0.1) is 23.4 Å². The number of nitrogens with zero attached hydrogens (tertiary/aromatic N) is 1. The van der Waals surface area contributed by atoms with Gasteiger partial charge in [-0.05, 0) is 68.5 Å². The number of carbonyl (C=O) groups excluding carboxylic acids is 4. The molecule has 2 heterocycles. The predicted molar refractivity (Wildman–Crippen MR) is 135 cm³/mol. The molecule has 1 aromatic heterocycles. The van der Waals surface area contributed by atoms with Crippen LogP contribution in [-0.2, 0) is 25.8 Å². The lowest BCUT2D eigenvalue weighted by molar-refractivity contribution is -0.123. The average molecular weight is 518 g/mol. The Hall–Kier alpha value is -3.55. The molecule has 2 amide bonds. The van der Waals surface area contributed by atoms with Crippen LogP contribution in [0.5, 0.6) is 0 Å². The molecule has 1 saturated heterocycles. The Labute approximate surface area is 218 Å². The van der Waals surface area contributed by atoms with Crippen molar-refractivity contribution in [3.8, 4) is 0 Å². The summed E-state index contributed by atoms with van der Waals surface area (Å²) in [4.78, 5) is 55.0. The van der Waals surface area contributed by atoms with E-state index in [1.165, 1.54) is 11.0 Å². The third-order valence-corrected chi connectivity index (χ3v) is 8.51. The summed E-state index contributed by atoms with van der Waals surface area (Å²) < 4.78 is 5.88. The van der Waals surface area contributed by atoms with E-state index in [9.17, 15) is 24.3 Å². The van der Waals surface area contributed by atoms with Crippen LogP contribution in [0.2, 0.25) is 5.02 Å². The van der Waals surface area contributed by atoms with E-state index >= 15 is 0 Å². The number of rotatable bonds is 3. The number of fused-ring (bicyclic) bond motifs is 3. The predicted octanol–water partition coefficient (Wildman–Crippen LogP) is 4.37. The Morgan fingerprint density at radius 2 is 1.84 bits per heavy atom. The van der Waals surface area contributed by atoms with Crippen LogP contribution in [0.1, 0.15) is 42.8 Å². The number of imide groups is 1. The number of aliphatic hydroxyl groups excluding tert-OH is 1. The largest absolute Gasteiger partial charge is 0.463 e. The topological polar surface area (TPSA) is 105 Å². The second kappa shape index (κ2) is 8.50. The number of hydrogen-bond acceptors (Lipinski definition) is 6. The molecule has 0 saturated carbocycles. The van der Waals surface area contributed by atoms with Crippen LogP contribution in [0.3, 0.4) is 0 Å². The first-order valence-electron chi connectivity index (χ1n) is 12.2. The van der Waals surface area contributed by atoms with Gasteiger partial charge in [0, 0.05) is 21.7 Å². The number of aliphatic hydroxyl groups is 1. The molecule has 0 radical (unpaired) electrons. The molecule has 1 N–H and O–H groups in total. The van der Waals surface area contributed by atoms with E-state index in [0.717, 1.165) is 11.1 Å². The van der Waals surface area contributed by atoms with Gasteiger partial charge < -0.3 is 9.52 Å². The van der Waals surface area contributed by atoms with Crippen molar-refractivity contribution < 1.29 is 28.7 Å². The molecular weight excluding hydrogens is 494 g/mol. The highest BCUT2D eigenvalue weighted by molar-refractivity contribution is 6.32. The van der Waals surface area contributed by atoms with Crippen molar-refractivity contribution in [1.29, 1.82) is 0 Å². The number of hydrogen-bond donors (Lipinski definition) is 1. The van der Waals surface area contributed by atoms with Crippen LogP contribution in [0.15, 0.2) is 69.2 Å². The highest BCUT2D eigenvalue weighted by Gasteiger charge is 2.57. The fourth-order valence-corrected chi connectivity index (χ4v) is 6.47. The molecule has 188 valence electrons. The first-order valence-corrected chi connectivity index (χ1v) is 12.6. The number of anilines is 1. The van der Waals surface area contributed by atoms with Crippen molar-refractivity contribution in [3.05, 3.63) is 86.9 Å². The zero-order chi connectivity index (χ0) is 26.2. The van der Waals surface area contributed by atoms with Crippen LogP contribution in [-0.4, -0.2) is 28.5 Å². The Kier molecular flexibility index (Phi) is 5.47. The molecule has 4 unspecified atom stereocenters. The molecular formula is C29H24ClNO6. The molecule has 4 aliphatic rings. The van der Waals surface area contributed by atoms with Crippen molar-refractivity contribution in [3.63, 3.8) is 0 Å². The summed E-state index contributed by atoms with van der Waals surface area (Å²) in [5.41, 5.74) is 3.15. The quantitative estimate of drug-likeness (QED) is 0.368. The number of Topliss-reactive ketones (excluding diaryl/α,β-unsaturated/α-hetero) is 1. The number of benzene rings is 1. The van der Waals surface area contributed by atoms with Gasteiger partial charge in [-0.3, -0.25) is 19.2 Å². The second-order valence-electron chi connectivity index (χ2n) is 10.1. The minimum absolute atomic E-state index is 0.197. The minimum atomic E-state index is -0.675. The van der Waals surface area contributed by atoms with Gasteiger partial charge in [0.2, 0.25) is 11.8 Å². The smallest absolute Gasteiger partial charge is 0.238 e. The van der Waals surface area contributed by atoms with Crippen LogP contribution in [0.4, 0.5) is 5.69 Å². The summed E-state index contributed by atoms with van der Waals surface area (Å²) in [5, 5.41) is 10.0. The van der Waals surface area contributed by atoms with Gasteiger partial charge in [-0.2, -0.15) is 0 Å². The van der Waals surface area contributed by atoms with Crippen molar-refractivity contribution >= 4 is 40.7 Å². The van der Waals surface area contributed by atoms with E-state index < -0.39 is 23.7 Å². The molecule has 0 spiro atoms. The average Bonchev–Trinajstić information content (AvgIpc) is 3.45. The Balaban J connectivity index is 1.47. The third kappa shape index (κ3) is 3.45. The van der Waals surface area contributed by atoms with Gasteiger partial charge in [-0.15, -0.1) is 0 Å². The second-order valence-corrected chi connectivity index (χ2v) is 10.5. The molecule has 1 fully saturated rings. The van der Waals surface area contributed by atoms with Crippen molar-refractivity contribution in [2.75, 3.05) is 4.90 Å². The van der Waals surface area contributed by atoms with Gasteiger partial charge in [0.1, 0.15) is 18.1 Å². The van der Waals surface area contributed by atoms with E-state index in [1.54, 1.807) is 37.3 Å². The van der Waals surface area contributed by atoms with E-state index in [-0.39, 0.29) is 36.4 Å². The van der Waals surface area contributed by atoms with Crippen LogP contribution in [0.25, 0.3) is 0 Å². The van der Waals surface area contributed by atoms with E-state index in [2.05, 4.69) is 0 Å². The van der Waals surface area contributed by atoms with Gasteiger partial charge in [-0.25, -0.2) is 4.90 Å². The van der Waals surface area contributed by atoms with Crippen molar-refractivity contribution in [1.82, 2.24) is 0 Å². The monoisotopic (exact) mass is 517 g/mol. The van der Waals surface area contributed by atoms with Crippen LogP contribution >= 0.6 is 11.6 Å². The first-order chi connectivity index (χ1) is 17.7. The molecule has 2 aromatic rings. The van der Waals surface area contributed by atoms with Crippen molar-refractivity contribution in [2.24, 2.45) is 17.8 Å². The summed E-state index contributed by atoms with van der Waals surface area (Å²) in [7, 11) is 0. The number of halogens is 1. The van der Waals surface area contributed by atoms with Crippen LogP contribution < -0.4 is 4.90 Å². The fraction of sp³-hybridized carbons (Fsp3) is 0.310. The first kappa shape index (κ1) is 23.8. The number of ketones is 2. The number of furan rings is 1. The van der Waals surface area contributed by atoms with Gasteiger partial charge >= 0.3 is 0 Å². The summed E-state index contributed by atoms with van der Waals surface area (Å²) in [6, 6.07) is 8.44. The molecule has 3 aliphatic carbocycles. The maximum Gasteiger partial charge on any atom is 0.238 e. The fourth-order valence-electron chi connectivity index (χ4n) is 6.30. The molecule has 37 heavy (non-hydrogen) atoms. The SMILES string of the molecule is CC1=CC(=O)C2=C(C1=O)C(c1ccc(CO)o1)C1=CCC3C(=O)N(c4ccc(C)c(Cl)c4)C(=O)C3C1C2. The van der Waals surface area contributed by atoms with Crippen molar-refractivity contribution in [2.45, 2.75) is 39.2 Å². The standard InChI is InChI=1S/C29H24ClNO6/c1-13-3-4-15(10-21(13)30)31-28(35)18-7-6-17-19(24(18)29(31)36)11-20-22(33)9-14(2)27(34)26(20)25(17)23-8-5-16(12-32)37-23/h3-6,8-10,18-19,24-25,32H,7,11-12H2,1-2H3. The van der Waals surface area contributed by atoms with Crippen LogP contribution in [0, 0.1) is 24.7 Å². The zero-order valence-corrected chi connectivity index (χ0v) is 21.0. The Bertz CT molecular complexity index is 1510. The Morgan fingerprint density at radius 1 is 1.05 bits per heavy atom. The number of allylic oxidation sites excluding steroid dienone is 6. The number of aryl methyl sites for hydroxylation is 1.